The van der Waals surface area contributed by atoms with E-state index in [0.29, 0.717) is 11.6 Å². The van der Waals surface area contributed by atoms with Crippen LogP contribution in [0.2, 0.25) is 5.02 Å². The number of nitrogens with one attached hydrogen (secondary N) is 1. The molecule has 4 nitrogen and oxygen atoms in total. The molecular formula is C20H21ClN4. The smallest absolute Gasteiger partial charge is 0.0775 e. The van der Waals surface area contributed by atoms with Gasteiger partial charge in [0.05, 0.1) is 11.4 Å². The molecule has 3 N–H and O–H groups in total. The van der Waals surface area contributed by atoms with Gasteiger partial charge in [-0.05, 0) is 44.2 Å². The second-order valence-corrected chi connectivity index (χ2v) is 6.57. The predicted molar refractivity (Wildman–Crippen MR) is 105 cm³/mol. The highest BCUT2D eigenvalue weighted by molar-refractivity contribution is 6.30. The second-order valence-electron chi connectivity index (χ2n) is 6.13. The SMILES string of the molecule is CC(C)Nc1cc(-c2cccnc2)nc(-c2ccc(Cl)cc2)c1CN. The van der Waals surface area contributed by atoms with Crippen LogP contribution in [0.1, 0.15) is 19.4 Å². The highest BCUT2D eigenvalue weighted by Crippen LogP contribution is 2.32. The predicted octanol–water partition coefficient (Wildman–Crippen LogP) is 4.74. The molecule has 5 heteroatoms. The Labute approximate surface area is 153 Å². The van der Waals surface area contributed by atoms with E-state index in [1.54, 1.807) is 6.20 Å². The van der Waals surface area contributed by atoms with Crippen molar-refractivity contribution in [3.05, 3.63) is 65.4 Å². The number of halogens is 1. The second kappa shape index (κ2) is 7.64. The molecule has 0 radical (unpaired) electrons. The normalized spacial score (nSPS) is 10.9. The van der Waals surface area contributed by atoms with E-state index >= 15 is 0 Å². The summed E-state index contributed by atoms with van der Waals surface area (Å²) in [7, 11) is 0. The van der Waals surface area contributed by atoms with E-state index in [2.05, 4.69) is 24.1 Å². The van der Waals surface area contributed by atoms with Gasteiger partial charge >= 0.3 is 0 Å². The van der Waals surface area contributed by atoms with Gasteiger partial charge in [-0.2, -0.15) is 0 Å². The minimum Gasteiger partial charge on any atom is -0.382 e. The molecule has 0 bridgehead atoms. The molecule has 0 aliphatic carbocycles. The van der Waals surface area contributed by atoms with Gasteiger partial charge in [0.1, 0.15) is 0 Å². The zero-order valence-corrected chi connectivity index (χ0v) is 15.1. The number of pyridine rings is 2. The minimum atomic E-state index is 0.285. The zero-order valence-electron chi connectivity index (χ0n) is 14.3. The van der Waals surface area contributed by atoms with E-state index in [-0.39, 0.29) is 6.04 Å². The topological polar surface area (TPSA) is 63.8 Å². The molecule has 25 heavy (non-hydrogen) atoms. The summed E-state index contributed by atoms with van der Waals surface area (Å²) in [6.45, 7) is 4.60. The van der Waals surface area contributed by atoms with Crippen molar-refractivity contribution in [3.8, 4) is 22.5 Å². The van der Waals surface area contributed by atoms with Crippen molar-refractivity contribution in [2.75, 3.05) is 5.32 Å². The Morgan fingerprint density at radius 2 is 1.88 bits per heavy atom. The van der Waals surface area contributed by atoms with Gasteiger partial charge in [0.2, 0.25) is 0 Å². The molecule has 0 unspecified atom stereocenters. The lowest BCUT2D eigenvalue weighted by atomic mass is 10.0. The molecule has 128 valence electrons. The first kappa shape index (κ1) is 17.4. The standard InChI is InChI=1S/C20H21ClN4/c1-13(2)24-19-10-18(15-4-3-9-23-12-15)25-20(17(19)11-22)14-5-7-16(21)8-6-14/h3-10,12-13H,11,22H2,1-2H3,(H,24,25). The van der Waals surface area contributed by atoms with E-state index in [1.165, 1.54) is 0 Å². The number of nitrogens with zero attached hydrogens (tertiary/aromatic N) is 2. The number of rotatable bonds is 5. The van der Waals surface area contributed by atoms with Crippen LogP contribution < -0.4 is 11.1 Å². The van der Waals surface area contributed by atoms with E-state index in [9.17, 15) is 0 Å². The Kier molecular flexibility index (Phi) is 5.31. The van der Waals surface area contributed by atoms with Gasteiger partial charge in [0.15, 0.2) is 0 Å². The first-order chi connectivity index (χ1) is 12.1. The average Bonchev–Trinajstić information content (AvgIpc) is 2.62. The Morgan fingerprint density at radius 3 is 2.48 bits per heavy atom. The molecule has 3 aromatic rings. The van der Waals surface area contributed by atoms with Gasteiger partial charge < -0.3 is 11.1 Å². The number of nitrogens with two attached hydrogens (primary N) is 1. The minimum absolute atomic E-state index is 0.285. The van der Waals surface area contributed by atoms with Gasteiger partial charge in [0, 0.05) is 52.4 Å². The fraction of sp³-hybridized carbons (Fsp3) is 0.200. The van der Waals surface area contributed by atoms with Crippen molar-refractivity contribution in [3.63, 3.8) is 0 Å². The van der Waals surface area contributed by atoms with Crippen LogP contribution in [0, 0.1) is 0 Å². The summed E-state index contributed by atoms with van der Waals surface area (Å²) >= 11 is 6.03. The molecule has 0 saturated heterocycles. The van der Waals surface area contributed by atoms with Gasteiger partial charge in [-0.3, -0.25) is 4.98 Å². The molecule has 3 rings (SSSR count). The van der Waals surface area contributed by atoms with Crippen LogP contribution in [-0.2, 0) is 6.54 Å². The van der Waals surface area contributed by atoms with Crippen molar-refractivity contribution >= 4 is 17.3 Å². The highest BCUT2D eigenvalue weighted by Gasteiger charge is 2.15. The van der Waals surface area contributed by atoms with E-state index < -0.39 is 0 Å². The molecule has 2 aromatic heterocycles. The first-order valence-electron chi connectivity index (χ1n) is 8.25. The van der Waals surface area contributed by atoms with Crippen molar-refractivity contribution in [2.45, 2.75) is 26.4 Å². The van der Waals surface area contributed by atoms with Crippen LogP contribution in [0.25, 0.3) is 22.5 Å². The lowest BCUT2D eigenvalue weighted by molar-refractivity contribution is 0.891. The zero-order chi connectivity index (χ0) is 17.8. The monoisotopic (exact) mass is 352 g/mol. The summed E-state index contributed by atoms with van der Waals surface area (Å²) in [5, 5.41) is 4.19. The van der Waals surface area contributed by atoms with E-state index in [0.717, 1.165) is 33.8 Å². The molecule has 2 heterocycles. The lowest BCUT2D eigenvalue weighted by Crippen LogP contribution is -2.14. The van der Waals surface area contributed by atoms with Gasteiger partial charge in [-0.1, -0.05) is 23.7 Å². The fourth-order valence-electron chi connectivity index (χ4n) is 2.73. The van der Waals surface area contributed by atoms with Gasteiger partial charge in [-0.15, -0.1) is 0 Å². The molecular weight excluding hydrogens is 332 g/mol. The number of aromatic nitrogens is 2. The summed E-state index contributed by atoms with van der Waals surface area (Å²) in [6.07, 6.45) is 3.57. The first-order valence-corrected chi connectivity index (χ1v) is 8.63. The third-order valence-electron chi connectivity index (χ3n) is 3.85. The van der Waals surface area contributed by atoms with E-state index in [4.69, 9.17) is 22.3 Å². The summed E-state index contributed by atoms with van der Waals surface area (Å²) in [5.41, 5.74) is 11.7. The van der Waals surface area contributed by atoms with Crippen molar-refractivity contribution < 1.29 is 0 Å². The van der Waals surface area contributed by atoms with Crippen LogP contribution in [0.4, 0.5) is 5.69 Å². The summed E-state index contributed by atoms with van der Waals surface area (Å²) in [4.78, 5) is 9.08. The maximum absolute atomic E-state index is 6.06. The Hall–Kier alpha value is -2.43. The van der Waals surface area contributed by atoms with Crippen LogP contribution in [0.5, 0.6) is 0 Å². The number of anilines is 1. The molecule has 1 aromatic carbocycles. The molecule has 0 aliphatic rings. The van der Waals surface area contributed by atoms with Crippen LogP contribution >= 0.6 is 11.6 Å². The van der Waals surface area contributed by atoms with Gasteiger partial charge in [0.25, 0.3) is 0 Å². The largest absolute Gasteiger partial charge is 0.382 e. The summed E-state index contributed by atoms with van der Waals surface area (Å²) in [5.74, 6) is 0. The number of hydrogen-bond acceptors (Lipinski definition) is 4. The molecule has 0 aliphatic heterocycles. The van der Waals surface area contributed by atoms with Crippen molar-refractivity contribution in [1.29, 1.82) is 0 Å². The fourth-order valence-corrected chi connectivity index (χ4v) is 2.85. The number of benzene rings is 1. The Bertz CT molecular complexity index is 846. The molecule has 0 saturated carbocycles. The molecule has 0 atom stereocenters. The van der Waals surface area contributed by atoms with Crippen molar-refractivity contribution in [2.24, 2.45) is 5.73 Å². The maximum Gasteiger partial charge on any atom is 0.0775 e. The number of hydrogen-bond donors (Lipinski definition) is 2. The quantitative estimate of drug-likeness (QED) is 0.696. The highest BCUT2D eigenvalue weighted by atomic mass is 35.5. The molecule has 0 spiro atoms. The van der Waals surface area contributed by atoms with Crippen LogP contribution in [0.15, 0.2) is 54.9 Å². The van der Waals surface area contributed by atoms with E-state index in [1.807, 2.05) is 48.7 Å². The average molecular weight is 353 g/mol. The lowest BCUT2D eigenvalue weighted by Gasteiger charge is -2.19. The Morgan fingerprint density at radius 1 is 1.12 bits per heavy atom. The molecule has 0 fully saturated rings. The van der Waals surface area contributed by atoms with Crippen molar-refractivity contribution in [1.82, 2.24) is 9.97 Å². The van der Waals surface area contributed by atoms with Gasteiger partial charge in [-0.25, -0.2) is 4.98 Å². The maximum atomic E-state index is 6.06. The van der Waals surface area contributed by atoms with Crippen LogP contribution in [0.3, 0.4) is 0 Å². The Balaban J connectivity index is 2.21. The third-order valence-corrected chi connectivity index (χ3v) is 4.10. The summed E-state index contributed by atoms with van der Waals surface area (Å²) < 4.78 is 0. The van der Waals surface area contributed by atoms with Crippen LogP contribution in [-0.4, -0.2) is 16.0 Å². The third kappa shape index (κ3) is 3.98. The molecule has 0 amide bonds. The summed E-state index contributed by atoms with van der Waals surface area (Å²) in [6, 6.07) is 13.9.